The van der Waals surface area contributed by atoms with Crippen LogP contribution in [-0.2, 0) is 11.3 Å². The summed E-state index contributed by atoms with van der Waals surface area (Å²) in [6.45, 7) is 7.40. The molecule has 1 aliphatic heterocycles. The third kappa shape index (κ3) is 5.88. The molecule has 9 nitrogen and oxygen atoms in total. The van der Waals surface area contributed by atoms with Crippen molar-refractivity contribution in [3.05, 3.63) is 107 Å². The minimum Gasteiger partial charge on any atom is -0.399 e. The Balaban J connectivity index is 1.25. The van der Waals surface area contributed by atoms with E-state index in [0.29, 0.717) is 12.2 Å². The molecule has 0 saturated carbocycles. The maximum atomic E-state index is 13.5. The van der Waals surface area contributed by atoms with Gasteiger partial charge in [0.1, 0.15) is 12.4 Å². The molecule has 1 saturated heterocycles. The highest BCUT2D eigenvalue weighted by molar-refractivity contribution is 5.83. The Hall–Kier alpha value is -4.37. The number of nitrogens with two attached hydrogens (primary N) is 1. The van der Waals surface area contributed by atoms with Crippen molar-refractivity contribution in [1.82, 2.24) is 24.6 Å². The fourth-order valence-electron chi connectivity index (χ4n) is 4.99. The number of piperazine rings is 1. The molecule has 0 aliphatic carbocycles. The van der Waals surface area contributed by atoms with Crippen molar-refractivity contribution >= 4 is 17.3 Å². The van der Waals surface area contributed by atoms with Gasteiger partial charge < -0.3 is 16.0 Å². The van der Waals surface area contributed by atoms with Crippen molar-refractivity contribution in [1.29, 1.82) is 0 Å². The van der Waals surface area contributed by atoms with Gasteiger partial charge in [-0.05, 0) is 61.4 Å². The highest BCUT2D eigenvalue weighted by Crippen LogP contribution is 2.25. The van der Waals surface area contributed by atoms with Crippen LogP contribution in [0.15, 0.2) is 90.0 Å². The summed E-state index contributed by atoms with van der Waals surface area (Å²) >= 11 is 0. The van der Waals surface area contributed by atoms with Crippen molar-refractivity contribution in [3.8, 4) is 5.69 Å². The number of carbonyl (C=O) groups excluding carboxylic acids is 1. The smallest absolute Gasteiger partial charge is 0.350 e. The number of rotatable bonds is 8. The maximum absolute atomic E-state index is 13.5. The van der Waals surface area contributed by atoms with Gasteiger partial charge in [-0.15, -0.1) is 0 Å². The number of hydrogen-bond donors (Lipinski definition) is 2. The molecule has 202 valence electrons. The first-order valence-corrected chi connectivity index (χ1v) is 13.3. The quantitative estimate of drug-likeness (QED) is 0.342. The lowest BCUT2D eigenvalue weighted by atomic mass is 10.0. The van der Waals surface area contributed by atoms with Gasteiger partial charge >= 0.3 is 5.69 Å². The Labute approximate surface area is 228 Å². The van der Waals surface area contributed by atoms with Crippen LogP contribution in [0.2, 0.25) is 0 Å². The Bertz CT molecular complexity index is 1440. The van der Waals surface area contributed by atoms with Crippen molar-refractivity contribution in [2.24, 2.45) is 0 Å². The van der Waals surface area contributed by atoms with Crippen LogP contribution in [0.5, 0.6) is 0 Å². The number of nitrogen functional groups attached to an aromatic ring is 1. The molecule has 0 spiro atoms. The molecule has 1 unspecified atom stereocenters. The molecule has 1 fully saturated rings. The molecule has 1 amide bonds. The van der Waals surface area contributed by atoms with E-state index in [9.17, 15) is 9.59 Å². The predicted molar refractivity (Wildman–Crippen MR) is 154 cm³/mol. The van der Waals surface area contributed by atoms with Crippen LogP contribution in [0.4, 0.5) is 11.4 Å². The zero-order chi connectivity index (χ0) is 27.4. The maximum Gasteiger partial charge on any atom is 0.350 e. The monoisotopic (exact) mass is 525 g/mol. The summed E-state index contributed by atoms with van der Waals surface area (Å²) in [6.07, 6.45) is 1.57. The first-order chi connectivity index (χ1) is 18.9. The van der Waals surface area contributed by atoms with E-state index in [2.05, 4.69) is 20.2 Å². The molecule has 0 bridgehead atoms. The Kier molecular flexibility index (Phi) is 7.79. The number of amides is 1. The largest absolute Gasteiger partial charge is 0.399 e. The second kappa shape index (κ2) is 11.6. The molecule has 3 N–H and O–H groups in total. The van der Waals surface area contributed by atoms with E-state index in [1.54, 1.807) is 10.9 Å². The molecule has 39 heavy (non-hydrogen) atoms. The standard InChI is InChI=1S/C30H35N7O2/c1-22(2)37-30(39)36(21-33-37)27-14-12-26(13-15-27)34-16-18-35(19-17-34)28(24-6-4-3-5-7-24)29(38)32-20-23-8-10-25(31)11-9-23/h3-15,21-22,28H,16-20,31H2,1-2H3,(H,32,38). The molecule has 3 aromatic carbocycles. The Morgan fingerprint density at radius 3 is 2.15 bits per heavy atom. The van der Waals surface area contributed by atoms with E-state index in [4.69, 9.17) is 5.73 Å². The van der Waals surface area contributed by atoms with Crippen LogP contribution in [0.1, 0.15) is 37.1 Å². The molecule has 1 aromatic heterocycles. The second-order valence-electron chi connectivity index (χ2n) is 10.1. The molecule has 4 aromatic rings. The molecule has 9 heteroatoms. The minimum absolute atomic E-state index is 0.00817. The second-order valence-corrected chi connectivity index (χ2v) is 10.1. The van der Waals surface area contributed by atoms with Crippen LogP contribution < -0.4 is 21.6 Å². The van der Waals surface area contributed by atoms with Crippen LogP contribution in [0.25, 0.3) is 5.69 Å². The summed E-state index contributed by atoms with van der Waals surface area (Å²) in [4.78, 5) is 30.6. The molecular formula is C30H35N7O2. The third-order valence-corrected chi connectivity index (χ3v) is 7.17. The number of aromatic nitrogens is 3. The van der Waals surface area contributed by atoms with E-state index in [-0.39, 0.29) is 23.7 Å². The van der Waals surface area contributed by atoms with Gasteiger partial charge in [-0.25, -0.2) is 14.0 Å². The Morgan fingerprint density at radius 2 is 1.54 bits per heavy atom. The van der Waals surface area contributed by atoms with E-state index in [1.165, 1.54) is 4.68 Å². The first-order valence-electron chi connectivity index (χ1n) is 13.3. The summed E-state index contributed by atoms with van der Waals surface area (Å²) < 4.78 is 3.04. The average molecular weight is 526 g/mol. The van der Waals surface area contributed by atoms with Gasteiger partial charge in [0.25, 0.3) is 0 Å². The molecule has 5 rings (SSSR count). The van der Waals surface area contributed by atoms with Gasteiger partial charge in [0, 0.05) is 44.1 Å². The number of anilines is 2. The van der Waals surface area contributed by atoms with Crippen LogP contribution in [-0.4, -0.2) is 51.3 Å². The highest BCUT2D eigenvalue weighted by atomic mass is 16.2. The fourth-order valence-corrected chi connectivity index (χ4v) is 4.99. The third-order valence-electron chi connectivity index (χ3n) is 7.17. The van der Waals surface area contributed by atoms with Crippen molar-refractivity contribution < 1.29 is 4.79 Å². The van der Waals surface area contributed by atoms with E-state index >= 15 is 0 Å². The highest BCUT2D eigenvalue weighted by Gasteiger charge is 2.30. The predicted octanol–water partition coefficient (Wildman–Crippen LogP) is 3.38. The number of nitrogens with zero attached hydrogens (tertiary/aromatic N) is 5. The van der Waals surface area contributed by atoms with E-state index in [0.717, 1.165) is 48.7 Å². The molecule has 2 heterocycles. The molecule has 1 aliphatic rings. The number of carbonyl (C=O) groups is 1. The van der Waals surface area contributed by atoms with Crippen LogP contribution in [0.3, 0.4) is 0 Å². The summed E-state index contributed by atoms with van der Waals surface area (Å²) in [6, 6.07) is 25.1. The van der Waals surface area contributed by atoms with E-state index < -0.39 is 0 Å². The lowest BCUT2D eigenvalue weighted by Crippen LogP contribution is -2.51. The van der Waals surface area contributed by atoms with Crippen LogP contribution in [0, 0.1) is 0 Å². The summed E-state index contributed by atoms with van der Waals surface area (Å²) in [5.74, 6) is -0.0109. The average Bonchev–Trinajstić information content (AvgIpc) is 3.35. The summed E-state index contributed by atoms with van der Waals surface area (Å²) in [5, 5.41) is 7.34. The lowest BCUT2D eigenvalue weighted by Gasteiger charge is -2.39. The van der Waals surface area contributed by atoms with Gasteiger partial charge in [0.05, 0.1) is 11.7 Å². The van der Waals surface area contributed by atoms with Gasteiger partial charge in [0.15, 0.2) is 0 Å². The van der Waals surface area contributed by atoms with E-state index in [1.807, 2.05) is 92.7 Å². The molecule has 0 radical (unpaired) electrons. The van der Waals surface area contributed by atoms with Gasteiger partial charge in [-0.2, -0.15) is 5.10 Å². The molecule has 1 atom stereocenters. The lowest BCUT2D eigenvalue weighted by molar-refractivity contribution is -0.127. The van der Waals surface area contributed by atoms with Crippen molar-refractivity contribution in [2.75, 3.05) is 36.8 Å². The number of benzene rings is 3. The summed E-state index contributed by atoms with van der Waals surface area (Å²) in [7, 11) is 0. The molecular weight excluding hydrogens is 490 g/mol. The summed E-state index contributed by atoms with van der Waals surface area (Å²) in [5.41, 5.74) is 10.2. The van der Waals surface area contributed by atoms with Crippen molar-refractivity contribution in [3.63, 3.8) is 0 Å². The topological polar surface area (TPSA) is 101 Å². The number of hydrogen-bond acceptors (Lipinski definition) is 6. The van der Waals surface area contributed by atoms with Gasteiger partial charge in [-0.3, -0.25) is 9.69 Å². The number of nitrogens with one attached hydrogen (secondary N) is 1. The SMILES string of the molecule is CC(C)n1ncn(-c2ccc(N3CCN(C(C(=O)NCc4ccc(N)cc4)c4ccccc4)CC3)cc2)c1=O. The normalized spacial score (nSPS) is 14.9. The zero-order valence-corrected chi connectivity index (χ0v) is 22.4. The van der Waals surface area contributed by atoms with Crippen molar-refractivity contribution in [2.45, 2.75) is 32.5 Å². The minimum atomic E-state index is -0.367. The van der Waals surface area contributed by atoms with Gasteiger partial charge in [0.2, 0.25) is 5.91 Å². The van der Waals surface area contributed by atoms with Gasteiger partial charge in [-0.1, -0.05) is 42.5 Å². The zero-order valence-electron chi connectivity index (χ0n) is 22.4. The van der Waals surface area contributed by atoms with Crippen LogP contribution >= 0.6 is 0 Å². The fraction of sp³-hybridized carbons (Fsp3) is 0.300. The Morgan fingerprint density at radius 1 is 0.897 bits per heavy atom. The first kappa shape index (κ1) is 26.2.